The van der Waals surface area contributed by atoms with Crippen molar-refractivity contribution in [2.45, 2.75) is 152 Å². The molecule has 0 bridgehead atoms. The summed E-state index contributed by atoms with van der Waals surface area (Å²) in [5.74, 6) is 0. The lowest BCUT2D eigenvalue weighted by molar-refractivity contribution is -0.391. The van der Waals surface area contributed by atoms with Gasteiger partial charge >= 0.3 is 0 Å². The van der Waals surface area contributed by atoms with Gasteiger partial charge in [-0.05, 0) is 50.1 Å². The molecule has 0 radical (unpaired) electrons. The second-order valence-corrected chi connectivity index (χ2v) is 24.6. The lowest BCUT2D eigenvalue weighted by atomic mass is 9.95. The Morgan fingerprint density at radius 2 is 0.469 bits per heavy atom. The fraction of sp³-hybridized carbons (Fsp3) is 0.341. The van der Waals surface area contributed by atoms with Gasteiger partial charge in [0.25, 0.3) is 0 Å². The molecule has 9 aromatic rings. The maximum atomic E-state index is 13.6. The van der Waals surface area contributed by atoms with Crippen molar-refractivity contribution < 1.29 is 76.2 Å². The minimum absolute atomic E-state index is 0.0192. The third-order valence-corrected chi connectivity index (χ3v) is 17.5. The Bertz CT molecular complexity index is 3610. The molecule has 16 nitrogen and oxygen atoms in total. The normalized spacial score (nSPS) is 25.6. The van der Waals surface area contributed by atoms with E-state index in [4.69, 9.17) is 71.1 Å². The molecule has 512 valence electrons. The third kappa shape index (κ3) is 20.3. The molecule has 3 saturated heterocycles. The number of methoxy groups -OCH3 is 1. The highest BCUT2D eigenvalue weighted by Crippen LogP contribution is 2.39. The molecule has 0 spiro atoms. The number of ether oxygens (including phenoxy) is 15. The van der Waals surface area contributed by atoms with E-state index in [1.54, 1.807) is 7.11 Å². The van der Waals surface area contributed by atoms with Gasteiger partial charge in [-0.1, -0.05) is 273 Å². The quantitative estimate of drug-likeness (QED) is 0.0399. The van der Waals surface area contributed by atoms with Crippen LogP contribution in [0.5, 0.6) is 0 Å². The van der Waals surface area contributed by atoms with Crippen molar-refractivity contribution in [1.82, 2.24) is 0 Å². The van der Waals surface area contributed by atoms with Crippen LogP contribution in [0.1, 0.15) is 50.1 Å². The molecule has 3 fully saturated rings. The van der Waals surface area contributed by atoms with Gasteiger partial charge in [0.2, 0.25) is 0 Å². The Balaban J connectivity index is 0.935. The first-order chi connectivity index (χ1) is 48.5. The molecule has 9 aromatic carbocycles. The summed E-state index contributed by atoms with van der Waals surface area (Å²) in [6.07, 6.45) is -15.9. The molecule has 0 unspecified atom stereocenters. The maximum Gasteiger partial charge on any atom is 0.187 e. The van der Waals surface area contributed by atoms with Crippen molar-refractivity contribution in [3.05, 3.63) is 323 Å². The van der Waals surface area contributed by atoms with Crippen molar-refractivity contribution in [2.75, 3.05) is 26.9 Å². The SMILES string of the molecule is CO[C@@H]1O[C@H](COCc2ccccc2)[C@@H](O[C@@H]2O[C@H](COCc3ccccc3)[C@H](O[C@H]3O[C@H](COCc4ccccc4)[C@H](OCc4ccccc4)[C@H](OCc4ccccc4)[C@H]3OCc3ccccc3)[C@H](OCc3ccccc3)[C@H]2O)[C@H](OCc2ccccc2)[C@H]1OCc1ccccc1. The van der Waals surface area contributed by atoms with Crippen LogP contribution in [0.4, 0.5) is 0 Å². The molecule has 3 aliphatic rings. The van der Waals surface area contributed by atoms with E-state index in [0.717, 1.165) is 50.1 Å². The maximum absolute atomic E-state index is 13.6. The first-order valence-corrected chi connectivity index (χ1v) is 33.7. The lowest BCUT2D eigenvalue weighted by Gasteiger charge is -2.51. The molecule has 1 N–H and O–H groups in total. The number of hydrogen-bond donors (Lipinski definition) is 1. The van der Waals surface area contributed by atoms with E-state index in [1.807, 2.05) is 273 Å². The second-order valence-electron chi connectivity index (χ2n) is 24.6. The zero-order valence-corrected chi connectivity index (χ0v) is 55.2. The Hall–Kier alpha value is -7.66. The van der Waals surface area contributed by atoms with Crippen LogP contribution in [0.3, 0.4) is 0 Å². The summed E-state index contributed by atoms with van der Waals surface area (Å²) in [6, 6.07) is 89.1. The van der Waals surface area contributed by atoms with Gasteiger partial charge < -0.3 is 76.2 Å². The topological polar surface area (TPSA) is 159 Å². The smallest absolute Gasteiger partial charge is 0.187 e. The van der Waals surface area contributed by atoms with Gasteiger partial charge in [-0.3, -0.25) is 0 Å². The average molecular weight is 1330 g/mol. The Labute approximate surface area is 575 Å². The van der Waals surface area contributed by atoms with Crippen molar-refractivity contribution in [1.29, 1.82) is 0 Å². The molecule has 12 rings (SSSR count). The van der Waals surface area contributed by atoms with E-state index in [9.17, 15) is 5.11 Å². The summed E-state index contributed by atoms with van der Waals surface area (Å²) < 4.78 is 105. The molecule has 16 heteroatoms. The van der Waals surface area contributed by atoms with E-state index in [0.29, 0.717) is 0 Å². The van der Waals surface area contributed by atoms with Gasteiger partial charge in [0.15, 0.2) is 18.9 Å². The number of aliphatic hydroxyl groups excluding tert-OH is 1. The van der Waals surface area contributed by atoms with Crippen LogP contribution in [0.15, 0.2) is 273 Å². The fourth-order valence-corrected chi connectivity index (χ4v) is 12.4. The van der Waals surface area contributed by atoms with Crippen molar-refractivity contribution in [2.24, 2.45) is 0 Å². The van der Waals surface area contributed by atoms with E-state index < -0.39 is 92.1 Å². The van der Waals surface area contributed by atoms with Crippen LogP contribution < -0.4 is 0 Å². The summed E-state index contributed by atoms with van der Waals surface area (Å²) in [5.41, 5.74) is 8.34. The first kappa shape index (κ1) is 70.2. The minimum Gasteiger partial charge on any atom is -0.385 e. The second kappa shape index (κ2) is 37.5. The van der Waals surface area contributed by atoms with Crippen LogP contribution in [0.2, 0.25) is 0 Å². The van der Waals surface area contributed by atoms with Gasteiger partial charge in [0.05, 0.1) is 79.3 Å². The fourth-order valence-electron chi connectivity index (χ4n) is 12.4. The highest BCUT2D eigenvalue weighted by Gasteiger charge is 2.57. The molecule has 0 saturated carbocycles. The van der Waals surface area contributed by atoms with Crippen LogP contribution in [-0.2, 0) is 131 Å². The molecule has 0 amide bonds. The summed E-state index contributed by atoms with van der Waals surface area (Å²) in [4.78, 5) is 0. The predicted octanol–water partition coefficient (Wildman–Crippen LogP) is 13.1. The van der Waals surface area contributed by atoms with Gasteiger partial charge in [-0.25, -0.2) is 0 Å². The molecular weight excluding hydrogens is 1240 g/mol. The Kier molecular flexibility index (Phi) is 26.9. The van der Waals surface area contributed by atoms with Crippen LogP contribution in [0, 0.1) is 0 Å². The largest absolute Gasteiger partial charge is 0.385 e. The van der Waals surface area contributed by atoms with Crippen LogP contribution in [0.25, 0.3) is 0 Å². The van der Waals surface area contributed by atoms with Crippen molar-refractivity contribution in [3.63, 3.8) is 0 Å². The number of benzene rings is 9. The molecule has 3 heterocycles. The van der Waals surface area contributed by atoms with Crippen LogP contribution in [-0.4, -0.2) is 124 Å². The van der Waals surface area contributed by atoms with Crippen molar-refractivity contribution in [3.8, 4) is 0 Å². The number of aliphatic hydroxyl groups is 1. The summed E-state index contributed by atoms with van der Waals surface area (Å²) in [7, 11) is 1.58. The molecule has 0 aromatic heterocycles. The van der Waals surface area contributed by atoms with E-state index in [-0.39, 0.29) is 79.3 Å². The van der Waals surface area contributed by atoms with Gasteiger partial charge in [-0.15, -0.1) is 0 Å². The molecule has 15 atom stereocenters. The molecular formula is C82H88O16. The van der Waals surface area contributed by atoms with E-state index in [1.165, 1.54) is 0 Å². The van der Waals surface area contributed by atoms with E-state index >= 15 is 0 Å². The van der Waals surface area contributed by atoms with Gasteiger partial charge in [0.1, 0.15) is 73.2 Å². The van der Waals surface area contributed by atoms with Crippen LogP contribution >= 0.6 is 0 Å². The highest BCUT2D eigenvalue weighted by atomic mass is 16.8. The van der Waals surface area contributed by atoms with Crippen molar-refractivity contribution >= 4 is 0 Å². The highest BCUT2D eigenvalue weighted by molar-refractivity contribution is 5.21. The monoisotopic (exact) mass is 1330 g/mol. The molecule has 3 aliphatic heterocycles. The predicted molar refractivity (Wildman–Crippen MR) is 367 cm³/mol. The zero-order valence-electron chi connectivity index (χ0n) is 55.2. The molecule has 0 aliphatic carbocycles. The summed E-state index contributed by atoms with van der Waals surface area (Å²) >= 11 is 0. The standard InChI is InChI=1S/C82H88O16/c1-84-81-78(92-54-66-43-25-9-26-44-66)77(91-53-65-41-23-8-24-42-65)74(70(95-81)58-87-49-61-33-15-4-16-34-61)97-80-71(83)75(89-51-63-37-19-6-20-38-63)73(69(94-80)57-86-48-60-31-13-3-14-32-60)98-82-79(93-55-67-45-27-10-28-46-67)76(90-52-64-39-21-7-22-40-64)72(88-50-62-35-17-5-18-36-62)68(96-82)56-85-47-59-29-11-2-12-30-59/h2-46,68-83H,47-58H2,1H3/t68-,69-,70-,71-,72+,73+,74-,75-,76+,77+,78-,79-,80+,81-,82-/m1/s1. The Morgan fingerprint density at radius 1 is 0.245 bits per heavy atom. The van der Waals surface area contributed by atoms with Gasteiger partial charge in [0, 0.05) is 7.11 Å². The number of hydrogen-bond acceptors (Lipinski definition) is 16. The number of rotatable bonds is 35. The lowest BCUT2D eigenvalue weighted by Crippen LogP contribution is -2.68. The Morgan fingerprint density at radius 3 is 0.796 bits per heavy atom. The molecule has 98 heavy (non-hydrogen) atoms. The van der Waals surface area contributed by atoms with E-state index in [2.05, 4.69) is 0 Å². The summed E-state index contributed by atoms with van der Waals surface area (Å²) in [6.45, 7) is 1.74. The third-order valence-electron chi connectivity index (χ3n) is 17.5. The minimum atomic E-state index is -1.58. The van der Waals surface area contributed by atoms with Gasteiger partial charge in [-0.2, -0.15) is 0 Å². The summed E-state index contributed by atoms with van der Waals surface area (Å²) in [5, 5.41) is 13.6. The average Bonchev–Trinajstić information content (AvgIpc) is 0.770. The zero-order chi connectivity index (χ0) is 66.8. The first-order valence-electron chi connectivity index (χ1n) is 33.7.